The van der Waals surface area contributed by atoms with Gasteiger partial charge in [-0.2, -0.15) is 0 Å². The van der Waals surface area contributed by atoms with Crippen molar-refractivity contribution in [1.29, 1.82) is 0 Å². The van der Waals surface area contributed by atoms with Crippen LogP contribution in [0.15, 0.2) is 23.4 Å². The van der Waals surface area contributed by atoms with E-state index in [4.69, 9.17) is 5.21 Å². The molecular weight excluding hydrogens is 182 g/mol. The number of hydroxylamine groups is 1. The van der Waals surface area contributed by atoms with Crippen LogP contribution < -0.4 is 5.48 Å². The largest absolute Gasteiger partial charge is 0.291 e. The van der Waals surface area contributed by atoms with Gasteiger partial charge in [0.2, 0.25) is 5.78 Å². The Balaban J connectivity index is 3.07. The van der Waals surface area contributed by atoms with Gasteiger partial charge >= 0.3 is 0 Å². The van der Waals surface area contributed by atoms with Gasteiger partial charge in [-0.05, 0) is 11.5 Å². The molecule has 0 aromatic heterocycles. The number of ketones is 2. The van der Waals surface area contributed by atoms with Crippen LogP contribution in [0.3, 0.4) is 0 Å². The molecule has 0 fully saturated rings. The quantitative estimate of drug-likeness (QED) is 0.483. The highest BCUT2D eigenvalue weighted by molar-refractivity contribution is 6.20. The van der Waals surface area contributed by atoms with Crippen molar-refractivity contribution < 1.29 is 14.8 Å². The molecule has 0 spiro atoms. The summed E-state index contributed by atoms with van der Waals surface area (Å²) in [7, 11) is 0. The van der Waals surface area contributed by atoms with Crippen LogP contribution in [0.4, 0.5) is 0 Å². The summed E-state index contributed by atoms with van der Waals surface area (Å²) in [6, 6.07) is 0. The summed E-state index contributed by atoms with van der Waals surface area (Å²) in [5.74, 6) is -0.620. The van der Waals surface area contributed by atoms with E-state index < -0.39 is 0 Å². The molecule has 1 aliphatic rings. The molecule has 2 N–H and O–H groups in total. The van der Waals surface area contributed by atoms with Crippen LogP contribution in [-0.4, -0.2) is 16.8 Å². The van der Waals surface area contributed by atoms with E-state index in [1.165, 1.54) is 6.08 Å². The van der Waals surface area contributed by atoms with E-state index in [1.807, 2.05) is 20.8 Å². The lowest BCUT2D eigenvalue weighted by atomic mass is 9.81. The Morgan fingerprint density at radius 3 is 2.14 bits per heavy atom. The summed E-state index contributed by atoms with van der Waals surface area (Å²) in [6.07, 6.45) is 2.38. The van der Waals surface area contributed by atoms with Crippen LogP contribution in [0.5, 0.6) is 0 Å². The average Bonchev–Trinajstić information content (AvgIpc) is 2.06. The number of hydrogen-bond acceptors (Lipinski definition) is 4. The van der Waals surface area contributed by atoms with Gasteiger partial charge in [0.1, 0.15) is 5.70 Å². The van der Waals surface area contributed by atoms with Crippen molar-refractivity contribution in [2.75, 3.05) is 0 Å². The molecule has 14 heavy (non-hydrogen) atoms. The minimum Gasteiger partial charge on any atom is -0.291 e. The first-order valence-electron chi connectivity index (χ1n) is 4.29. The van der Waals surface area contributed by atoms with Crippen molar-refractivity contribution in [2.24, 2.45) is 5.41 Å². The molecule has 0 bridgehead atoms. The van der Waals surface area contributed by atoms with Gasteiger partial charge in [-0.25, -0.2) is 0 Å². The molecule has 0 aliphatic heterocycles. The van der Waals surface area contributed by atoms with E-state index in [0.717, 1.165) is 6.08 Å². The molecule has 0 unspecified atom stereocenters. The predicted molar refractivity (Wildman–Crippen MR) is 50.6 cm³/mol. The number of nitrogens with one attached hydrogen (secondary N) is 1. The minimum atomic E-state index is -0.378. The SMILES string of the molecule is CC(C)(C)C1=CC(=O)C(NO)=CC1=O. The third-order valence-electron chi connectivity index (χ3n) is 2.01. The number of carbonyl (C=O) groups is 2. The van der Waals surface area contributed by atoms with Gasteiger partial charge in [0.05, 0.1) is 0 Å². The van der Waals surface area contributed by atoms with Crippen molar-refractivity contribution in [2.45, 2.75) is 20.8 Å². The van der Waals surface area contributed by atoms with Gasteiger partial charge in [0.15, 0.2) is 5.78 Å². The fourth-order valence-corrected chi connectivity index (χ4v) is 1.23. The summed E-state index contributed by atoms with van der Waals surface area (Å²) in [4.78, 5) is 22.8. The Bertz CT molecular complexity index is 345. The molecule has 0 radical (unpaired) electrons. The summed E-state index contributed by atoms with van der Waals surface area (Å²) < 4.78 is 0. The van der Waals surface area contributed by atoms with Crippen molar-refractivity contribution in [3.8, 4) is 0 Å². The zero-order chi connectivity index (χ0) is 10.9. The Kier molecular flexibility index (Phi) is 2.57. The fourth-order valence-electron chi connectivity index (χ4n) is 1.23. The molecular formula is C10H13NO3. The first kappa shape index (κ1) is 10.7. The maximum absolute atomic E-state index is 11.5. The zero-order valence-electron chi connectivity index (χ0n) is 8.42. The standard InChI is InChI=1S/C10H13NO3/c1-10(2,3)6-4-9(13)7(11-14)5-8(6)12/h4-5,11,14H,1-3H3. The maximum atomic E-state index is 11.5. The highest BCUT2D eigenvalue weighted by Crippen LogP contribution is 2.28. The molecule has 0 saturated heterocycles. The van der Waals surface area contributed by atoms with Crippen LogP contribution in [0.1, 0.15) is 20.8 Å². The summed E-state index contributed by atoms with van der Waals surface area (Å²) >= 11 is 0. The Hall–Kier alpha value is -1.42. The van der Waals surface area contributed by atoms with Crippen molar-refractivity contribution in [3.63, 3.8) is 0 Å². The van der Waals surface area contributed by atoms with E-state index >= 15 is 0 Å². The highest BCUT2D eigenvalue weighted by Gasteiger charge is 2.28. The van der Waals surface area contributed by atoms with Crippen molar-refractivity contribution >= 4 is 11.6 Å². The zero-order valence-corrected chi connectivity index (χ0v) is 8.42. The van der Waals surface area contributed by atoms with E-state index in [2.05, 4.69) is 0 Å². The molecule has 0 saturated carbocycles. The van der Waals surface area contributed by atoms with Crippen LogP contribution in [-0.2, 0) is 9.59 Å². The first-order chi connectivity index (χ1) is 6.36. The Labute approximate surface area is 82.3 Å². The lowest BCUT2D eigenvalue weighted by Crippen LogP contribution is -2.26. The number of rotatable bonds is 1. The molecule has 0 aromatic rings. The number of carbonyl (C=O) groups excluding carboxylic acids is 2. The van der Waals surface area contributed by atoms with Crippen molar-refractivity contribution in [3.05, 3.63) is 23.4 Å². The lowest BCUT2D eigenvalue weighted by molar-refractivity contribution is -0.116. The van der Waals surface area contributed by atoms with Gasteiger partial charge in [-0.15, -0.1) is 0 Å². The molecule has 0 amide bonds. The van der Waals surface area contributed by atoms with E-state index in [9.17, 15) is 9.59 Å². The van der Waals surface area contributed by atoms with Crippen LogP contribution in [0.2, 0.25) is 0 Å². The Morgan fingerprint density at radius 2 is 1.71 bits per heavy atom. The number of hydrogen-bond donors (Lipinski definition) is 2. The maximum Gasteiger partial charge on any atom is 0.204 e. The summed E-state index contributed by atoms with van der Waals surface area (Å²) in [5.41, 5.74) is 1.72. The second-order valence-electron chi connectivity index (χ2n) is 4.21. The van der Waals surface area contributed by atoms with Gasteiger partial charge in [-0.1, -0.05) is 20.8 Å². The molecule has 0 heterocycles. The van der Waals surface area contributed by atoms with Crippen LogP contribution in [0.25, 0.3) is 0 Å². The lowest BCUT2D eigenvalue weighted by Gasteiger charge is -2.23. The van der Waals surface area contributed by atoms with Gasteiger partial charge in [0.25, 0.3) is 0 Å². The molecule has 4 heteroatoms. The second-order valence-corrected chi connectivity index (χ2v) is 4.21. The van der Waals surface area contributed by atoms with E-state index in [0.29, 0.717) is 5.57 Å². The van der Waals surface area contributed by atoms with Crippen molar-refractivity contribution in [1.82, 2.24) is 5.48 Å². The summed E-state index contributed by atoms with van der Waals surface area (Å²) in [5, 5.41) is 8.55. The average molecular weight is 195 g/mol. The smallest absolute Gasteiger partial charge is 0.204 e. The molecule has 1 rings (SSSR count). The van der Waals surface area contributed by atoms with Gasteiger partial charge in [-0.3, -0.25) is 20.3 Å². The van der Waals surface area contributed by atoms with Crippen LogP contribution >= 0.6 is 0 Å². The minimum absolute atomic E-state index is 0.0806. The van der Waals surface area contributed by atoms with E-state index in [1.54, 1.807) is 5.48 Å². The monoisotopic (exact) mass is 195 g/mol. The first-order valence-corrected chi connectivity index (χ1v) is 4.29. The predicted octanol–water partition coefficient (Wildman–Crippen LogP) is 0.973. The number of allylic oxidation sites excluding steroid dienone is 3. The summed E-state index contributed by atoms with van der Waals surface area (Å²) in [6.45, 7) is 5.57. The van der Waals surface area contributed by atoms with Gasteiger partial charge in [0, 0.05) is 11.6 Å². The topological polar surface area (TPSA) is 66.4 Å². The highest BCUT2D eigenvalue weighted by atomic mass is 16.5. The third-order valence-corrected chi connectivity index (χ3v) is 2.01. The molecule has 76 valence electrons. The molecule has 0 atom stereocenters. The molecule has 1 aliphatic carbocycles. The van der Waals surface area contributed by atoms with Gasteiger partial charge < -0.3 is 0 Å². The van der Waals surface area contributed by atoms with E-state index in [-0.39, 0.29) is 22.7 Å². The molecule has 0 aromatic carbocycles. The normalized spacial score (nSPS) is 17.7. The fraction of sp³-hybridized carbons (Fsp3) is 0.400. The second kappa shape index (κ2) is 3.38. The molecule has 4 nitrogen and oxygen atoms in total. The Morgan fingerprint density at radius 1 is 1.14 bits per heavy atom. The third kappa shape index (κ3) is 1.90. The van der Waals surface area contributed by atoms with Crippen LogP contribution in [0, 0.1) is 5.41 Å².